The molecule has 1 aromatic heterocycles. The highest BCUT2D eigenvalue weighted by molar-refractivity contribution is 5.41. The van der Waals surface area contributed by atoms with Crippen LogP contribution in [0.4, 0.5) is 0 Å². The third kappa shape index (κ3) is 2.85. The first-order valence-corrected chi connectivity index (χ1v) is 6.04. The molecular weight excluding hydrogens is 240 g/mol. The van der Waals surface area contributed by atoms with Crippen molar-refractivity contribution in [1.29, 1.82) is 0 Å². The number of aromatic nitrogens is 1. The van der Waals surface area contributed by atoms with E-state index in [4.69, 9.17) is 15.2 Å². The Balaban J connectivity index is 2.35. The molecule has 0 radical (unpaired) electrons. The summed E-state index contributed by atoms with van der Waals surface area (Å²) in [5, 5.41) is 0. The van der Waals surface area contributed by atoms with E-state index in [1.165, 1.54) is 0 Å². The van der Waals surface area contributed by atoms with E-state index in [9.17, 15) is 0 Å². The molecule has 1 heterocycles. The van der Waals surface area contributed by atoms with Gasteiger partial charge in [0, 0.05) is 6.20 Å². The predicted molar refractivity (Wildman–Crippen MR) is 74.6 cm³/mol. The topological polar surface area (TPSA) is 57.4 Å². The molecular formula is C15H18N2O2. The number of hydrogen-bond donors (Lipinski definition) is 1. The average molecular weight is 258 g/mol. The van der Waals surface area contributed by atoms with Crippen molar-refractivity contribution < 1.29 is 9.47 Å². The lowest BCUT2D eigenvalue weighted by Crippen LogP contribution is -2.12. The number of ether oxygens (including phenoxy) is 2. The summed E-state index contributed by atoms with van der Waals surface area (Å²) in [6.07, 6.45) is 3.41. The summed E-state index contributed by atoms with van der Waals surface area (Å²) >= 11 is 0. The van der Waals surface area contributed by atoms with Crippen molar-refractivity contribution in [3.05, 3.63) is 53.3 Å². The molecule has 0 amide bonds. The van der Waals surface area contributed by atoms with E-state index < -0.39 is 0 Å². The summed E-state index contributed by atoms with van der Waals surface area (Å²) in [4.78, 5) is 4.13. The average Bonchev–Trinajstić information content (AvgIpc) is 2.47. The quantitative estimate of drug-likeness (QED) is 0.915. The fourth-order valence-electron chi connectivity index (χ4n) is 1.94. The van der Waals surface area contributed by atoms with Crippen LogP contribution in [-0.4, -0.2) is 19.2 Å². The van der Waals surface area contributed by atoms with Gasteiger partial charge in [-0.05, 0) is 35.7 Å². The molecule has 2 aromatic rings. The maximum Gasteiger partial charge on any atom is 0.137 e. The second-order valence-corrected chi connectivity index (χ2v) is 4.36. The number of methoxy groups -OCH3 is 2. The molecule has 0 saturated heterocycles. The van der Waals surface area contributed by atoms with Crippen molar-refractivity contribution in [3.8, 4) is 11.5 Å². The van der Waals surface area contributed by atoms with Crippen molar-refractivity contribution in [2.75, 3.05) is 14.2 Å². The zero-order chi connectivity index (χ0) is 13.8. The van der Waals surface area contributed by atoms with Crippen molar-refractivity contribution >= 4 is 0 Å². The van der Waals surface area contributed by atoms with E-state index in [1.807, 2.05) is 31.2 Å². The van der Waals surface area contributed by atoms with Crippen LogP contribution in [-0.2, 0) is 0 Å². The molecule has 19 heavy (non-hydrogen) atoms. The second kappa shape index (κ2) is 5.71. The Bertz CT molecular complexity index is 570. The normalized spacial score (nSPS) is 12.0. The predicted octanol–water partition coefficient (Wildman–Crippen LogP) is 2.46. The minimum atomic E-state index is -0.253. The second-order valence-electron chi connectivity index (χ2n) is 4.36. The Kier molecular flexibility index (Phi) is 4.02. The first-order valence-electron chi connectivity index (χ1n) is 6.04. The van der Waals surface area contributed by atoms with E-state index in [-0.39, 0.29) is 6.04 Å². The van der Waals surface area contributed by atoms with Crippen LogP contribution < -0.4 is 15.2 Å². The van der Waals surface area contributed by atoms with Crippen LogP contribution in [0.25, 0.3) is 0 Å². The van der Waals surface area contributed by atoms with Gasteiger partial charge in [0.2, 0.25) is 0 Å². The van der Waals surface area contributed by atoms with Crippen LogP contribution in [0, 0.1) is 6.92 Å². The van der Waals surface area contributed by atoms with Crippen LogP contribution in [0.1, 0.15) is 22.7 Å². The number of nitrogens with zero attached hydrogens (tertiary/aromatic N) is 1. The van der Waals surface area contributed by atoms with Gasteiger partial charge in [-0.15, -0.1) is 0 Å². The fourth-order valence-corrected chi connectivity index (χ4v) is 1.94. The van der Waals surface area contributed by atoms with E-state index >= 15 is 0 Å². The molecule has 4 heteroatoms. The molecule has 1 atom stereocenters. The lowest BCUT2D eigenvalue weighted by atomic mass is 9.99. The molecule has 1 unspecified atom stereocenters. The van der Waals surface area contributed by atoms with Gasteiger partial charge in [-0.25, -0.2) is 0 Å². The SMILES string of the molecule is COc1cncc(C(N)c2ccc(C)c(OC)c2)c1. The zero-order valence-electron chi connectivity index (χ0n) is 11.4. The van der Waals surface area contributed by atoms with Crippen molar-refractivity contribution in [3.63, 3.8) is 0 Å². The number of nitrogens with two attached hydrogens (primary N) is 1. The van der Waals surface area contributed by atoms with Gasteiger partial charge < -0.3 is 15.2 Å². The van der Waals surface area contributed by atoms with Crippen LogP contribution in [0.15, 0.2) is 36.7 Å². The van der Waals surface area contributed by atoms with Crippen molar-refractivity contribution in [1.82, 2.24) is 4.98 Å². The smallest absolute Gasteiger partial charge is 0.137 e. The summed E-state index contributed by atoms with van der Waals surface area (Å²) in [7, 11) is 3.27. The Morgan fingerprint density at radius 2 is 1.84 bits per heavy atom. The Morgan fingerprint density at radius 1 is 1.05 bits per heavy atom. The van der Waals surface area contributed by atoms with Gasteiger partial charge in [0.1, 0.15) is 11.5 Å². The zero-order valence-corrected chi connectivity index (χ0v) is 11.4. The van der Waals surface area contributed by atoms with Crippen molar-refractivity contribution in [2.45, 2.75) is 13.0 Å². The van der Waals surface area contributed by atoms with Crippen LogP contribution in [0.5, 0.6) is 11.5 Å². The highest BCUT2D eigenvalue weighted by atomic mass is 16.5. The van der Waals surface area contributed by atoms with E-state index in [0.717, 1.165) is 22.4 Å². The number of benzene rings is 1. The molecule has 0 aliphatic carbocycles. The number of aryl methyl sites for hydroxylation is 1. The highest BCUT2D eigenvalue weighted by Gasteiger charge is 2.12. The Morgan fingerprint density at radius 3 is 2.53 bits per heavy atom. The standard InChI is InChI=1S/C15H18N2O2/c1-10-4-5-11(7-14(10)19-3)15(16)12-6-13(18-2)9-17-8-12/h4-9,15H,16H2,1-3H3. The summed E-state index contributed by atoms with van der Waals surface area (Å²) in [5.74, 6) is 1.54. The maximum atomic E-state index is 6.26. The molecule has 0 saturated carbocycles. The van der Waals surface area contributed by atoms with Crippen LogP contribution in [0.3, 0.4) is 0 Å². The molecule has 0 aliphatic heterocycles. The van der Waals surface area contributed by atoms with Gasteiger partial charge in [-0.1, -0.05) is 12.1 Å². The molecule has 2 N–H and O–H groups in total. The third-order valence-corrected chi connectivity index (χ3v) is 3.12. The van der Waals surface area contributed by atoms with Gasteiger partial charge in [-0.2, -0.15) is 0 Å². The van der Waals surface area contributed by atoms with E-state index in [0.29, 0.717) is 5.75 Å². The molecule has 0 bridgehead atoms. The Labute approximate surface area is 113 Å². The van der Waals surface area contributed by atoms with Crippen LogP contribution >= 0.6 is 0 Å². The van der Waals surface area contributed by atoms with Gasteiger partial charge in [0.25, 0.3) is 0 Å². The summed E-state index contributed by atoms with van der Waals surface area (Å²) in [5.41, 5.74) is 9.24. The molecule has 4 nitrogen and oxygen atoms in total. The lowest BCUT2D eigenvalue weighted by molar-refractivity contribution is 0.410. The maximum absolute atomic E-state index is 6.26. The van der Waals surface area contributed by atoms with E-state index in [2.05, 4.69) is 4.98 Å². The van der Waals surface area contributed by atoms with Crippen molar-refractivity contribution in [2.24, 2.45) is 5.73 Å². The third-order valence-electron chi connectivity index (χ3n) is 3.12. The molecule has 1 aromatic carbocycles. The van der Waals surface area contributed by atoms with Gasteiger partial charge in [0.15, 0.2) is 0 Å². The molecule has 0 spiro atoms. The highest BCUT2D eigenvalue weighted by Crippen LogP contribution is 2.26. The molecule has 2 rings (SSSR count). The number of rotatable bonds is 4. The minimum Gasteiger partial charge on any atom is -0.496 e. The molecule has 0 aliphatic rings. The number of pyridine rings is 1. The largest absolute Gasteiger partial charge is 0.496 e. The molecule has 0 fully saturated rings. The lowest BCUT2D eigenvalue weighted by Gasteiger charge is -2.15. The monoisotopic (exact) mass is 258 g/mol. The van der Waals surface area contributed by atoms with Gasteiger partial charge in [-0.3, -0.25) is 4.98 Å². The minimum absolute atomic E-state index is 0.253. The summed E-state index contributed by atoms with van der Waals surface area (Å²) in [6, 6.07) is 7.60. The first kappa shape index (κ1) is 13.4. The van der Waals surface area contributed by atoms with Crippen LogP contribution in [0.2, 0.25) is 0 Å². The van der Waals surface area contributed by atoms with Gasteiger partial charge >= 0.3 is 0 Å². The molecule has 100 valence electrons. The fraction of sp³-hybridized carbons (Fsp3) is 0.267. The van der Waals surface area contributed by atoms with E-state index in [1.54, 1.807) is 26.6 Å². The first-order chi connectivity index (χ1) is 9.15. The number of hydrogen-bond acceptors (Lipinski definition) is 4. The summed E-state index contributed by atoms with van der Waals surface area (Å²) < 4.78 is 10.5. The van der Waals surface area contributed by atoms with Gasteiger partial charge in [0.05, 0.1) is 26.5 Å². The summed E-state index contributed by atoms with van der Waals surface area (Å²) in [6.45, 7) is 2.00. The Hall–Kier alpha value is -2.07.